The first-order valence-corrected chi connectivity index (χ1v) is 12.3. The van der Waals surface area contributed by atoms with Crippen LogP contribution >= 0.6 is 11.6 Å². The third-order valence-electron chi connectivity index (χ3n) is 6.05. The predicted octanol–water partition coefficient (Wildman–Crippen LogP) is 2.71. The number of imidazole rings is 1. The molecule has 1 saturated heterocycles. The lowest BCUT2D eigenvalue weighted by Gasteiger charge is -2.30. The number of carbonyl (C=O) groups excluding carboxylic acids is 1. The van der Waals surface area contributed by atoms with Crippen molar-refractivity contribution in [3.05, 3.63) is 63.5 Å². The summed E-state index contributed by atoms with van der Waals surface area (Å²) in [6.07, 6.45) is 0.888. The number of rotatable bonds is 5. The number of hydrogen-bond acceptors (Lipinski definition) is 4. The maximum absolute atomic E-state index is 12.8. The molecule has 4 rings (SSSR count). The molecular weight excluding hydrogens is 452 g/mol. The number of benzene rings is 2. The Morgan fingerprint density at radius 1 is 1.06 bits per heavy atom. The maximum Gasteiger partial charge on any atom is 0.328 e. The van der Waals surface area contributed by atoms with E-state index in [0.29, 0.717) is 29.1 Å². The third-order valence-corrected chi connectivity index (χ3v) is 8.25. The molecule has 8 nitrogen and oxygen atoms in total. The normalized spacial score (nSPS) is 15.8. The van der Waals surface area contributed by atoms with Gasteiger partial charge in [-0.2, -0.15) is 0 Å². The lowest BCUT2D eigenvalue weighted by atomic mass is 9.97. The van der Waals surface area contributed by atoms with Crippen LogP contribution in [0.4, 0.5) is 5.69 Å². The monoisotopic (exact) mass is 476 g/mol. The van der Waals surface area contributed by atoms with E-state index < -0.39 is 10.0 Å². The second-order valence-electron chi connectivity index (χ2n) is 8.11. The van der Waals surface area contributed by atoms with Crippen molar-refractivity contribution >= 4 is 44.3 Å². The van der Waals surface area contributed by atoms with Gasteiger partial charge >= 0.3 is 5.69 Å². The second kappa shape index (κ2) is 8.73. The van der Waals surface area contributed by atoms with E-state index in [0.717, 1.165) is 11.0 Å². The summed E-state index contributed by atoms with van der Waals surface area (Å²) < 4.78 is 30.1. The Morgan fingerprint density at radius 3 is 2.41 bits per heavy atom. The Kier molecular flexibility index (Phi) is 6.15. The summed E-state index contributed by atoms with van der Waals surface area (Å²) in [7, 11) is -0.121. The summed E-state index contributed by atoms with van der Waals surface area (Å²) in [5.74, 6) is -0.579. The minimum atomic E-state index is -3.52. The Bertz CT molecular complexity index is 1340. The molecule has 0 unspecified atom stereocenters. The number of amides is 1. The highest BCUT2D eigenvalue weighted by molar-refractivity contribution is 7.88. The molecule has 10 heteroatoms. The molecule has 1 aromatic heterocycles. The summed E-state index contributed by atoms with van der Waals surface area (Å²) in [5, 5.41) is 3.34. The number of aryl methyl sites for hydroxylation is 2. The van der Waals surface area contributed by atoms with Gasteiger partial charge in [0.05, 0.1) is 16.8 Å². The number of nitrogens with one attached hydrogen (secondary N) is 1. The Labute approximate surface area is 191 Å². The highest BCUT2D eigenvalue weighted by Gasteiger charge is 2.31. The number of anilines is 1. The molecule has 170 valence electrons. The van der Waals surface area contributed by atoms with Crippen LogP contribution in [0.15, 0.2) is 47.3 Å². The number of sulfonamides is 1. The van der Waals surface area contributed by atoms with Gasteiger partial charge in [0.1, 0.15) is 0 Å². The SMILES string of the molecule is Cn1c(=O)n(C)c2cc(NC(=O)C3CCN(S(=O)(=O)Cc4ccccc4Cl)CC3)ccc21. The van der Waals surface area contributed by atoms with Crippen molar-refractivity contribution in [2.45, 2.75) is 18.6 Å². The van der Waals surface area contributed by atoms with Gasteiger partial charge < -0.3 is 5.32 Å². The van der Waals surface area contributed by atoms with Crippen molar-refractivity contribution < 1.29 is 13.2 Å². The summed E-state index contributed by atoms with van der Waals surface area (Å²) >= 11 is 6.11. The molecule has 1 fully saturated rings. The van der Waals surface area contributed by atoms with E-state index in [1.807, 2.05) is 0 Å². The van der Waals surface area contributed by atoms with Gasteiger partial charge in [-0.25, -0.2) is 17.5 Å². The minimum absolute atomic E-state index is 0.131. The van der Waals surface area contributed by atoms with Crippen molar-refractivity contribution in [2.24, 2.45) is 20.0 Å². The number of carbonyl (C=O) groups is 1. The van der Waals surface area contributed by atoms with Crippen molar-refractivity contribution in [3.8, 4) is 0 Å². The van der Waals surface area contributed by atoms with Crippen molar-refractivity contribution in [1.29, 1.82) is 0 Å². The Morgan fingerprint density at radius 2 is 1.72 bits per heavy atom. The number of piperidine rings is 1. The quantitative estimate of drug-likeness (QED) is 0.612. The molecule has 2 aromatic carbocycles. The van der Waals surface area contributed by atoms with E-state index in [2.05, 4.69) is 5.32 Å². The average Bonchev–Trinajstić information content (AvgIpc) is 2.99. The summed E-state index contributed by atoms with van der Waals surface area (Å²) in [6.45, 7) is 0.578. The standard InChI is InChI=1S/C22H25ClN4O4S/c1-25-19-8-7-17(13-20(19)26(2)22(25)29)24-21(28)15-9-11-27(12-10-15)32(30,31)14-16-5-3-4-6-18(16)23/h3-8,13,15H,9-12,14H2,1-2H3,(H,24,28). The van der Waals surface area contributed by atoms with Crippen LogP contribution in [0.5, 0.6) is 0 Å². The number of nitrogens with zero attached hydrogens (tertiary/aromatic N) is 3. The molecule has 0 radical (unpaired) electrons. The largest absolute Gasteiger partial charge is 0.328 e. The molecule has 1 aliphatic heterocycles. The predicted molar refractivity (Wildman–Crippen MR) is 125 cm³/mol. The van der Waals surface area contributed by atoms with Crippen LogP contribution in [0.2, 0.25) is 5.02 Å². The maximum atomic E-state index is 12.8. The van der Waals surface area contributed by atoms with Crippen LogP contribution in [0.3, 0.4) is 0 Å². The molecule has 3 aromatic rings. The van der Waals surface area contributed by atoms with Gasteiger partial charge in [-0.3, -0.25) is 13.9 Å². The molecule has 32 heavy (non-hydrogen) atoms. The van der Waals surface area contributed by atoms with Gasteiger partial charge in [0.2, 0.25) is 15.9 Å². The number of halogens is 1. The summed E-state index contributed by atoms with van der Waals surface area (Å²) in [5.41, 5.74) is 2.56. The lowest BCUT2D eigenvalue weighted by Crippen LogP contribution is -2.41. The molecule has 2 heterocycles. The first-order valence-electron chi connectivity index (χ1n) is 10.3. The molecule has 0 saturated carbocycles. The van der Waals surface area contributed by atoms with E-state index in [1.165, 1.54) is 8.87 Å². The minimum Gasteiger partial charge on any atom is -0.326 e. The van der Waals surface area contributed by atoms with Crippen LogP contribution in [0, 0.1) is 5.92 Å². The van der Waals surface area contributed by atoms with Crippen LogP contribution in [0.25, 0.3) is 11.0 Å². The molecule has 0 atom stereocenters. The van der Waals surface area contributed by atoms with Crippen molar-refractivity contribution in [2.75, 3.05) is 18.4 Å². The lowest BCUT2D eigenvalue weighted by molar-refractivity contribution is -0.120. The highest BCUT2D eigenvalue weighted by Crippen LogP contribution is 2.26. The fraction of sp³-hybridized carbons (Fsp3) is 0.364. The van der Waals surface area contributed by atoms with E-state index in [4.69, 9.17) is 11.6 Å². The zero-order valence-corrected chi connectivity index (χ0v) is 19.5. The summed E-state index contributed by atoms with van der Waals surface area (Å²) in [6, 6.07) is 12.2. The Hall–Kier alpha value is -2.62. The first-order chi connectivity index (χ1) is 15.2. The van der Waals surface area contributed by atoms with Gasteiger partial charge in [-0.05, 0) is 42.7 Å². The number of fused-ring (bicyclic) bond motifs is 1. The van der Waals surface area contributed by atoms with Crippen molar-refractivity contribution in [3.63, 3.8) is 0 Å². The zero-order valence-electron chi connectivity index (χ0n) is 17.9. The fourth-order valence-corrected chi connectivity index (χ4v) is 6.00. The number of hydrogen-bond donors (Lipinski definition) is 1. The van der Waals surface area contributed by atoms with Gasteiger partial charge in [-0.15, -0.1) is 0 Å². The van der Waals surface area contributed by atoms with Gasteiger partial charge in [0, 0.05) is 43.8 Å². The van der Waals surface area contributed by atoms with Crippen LogP contribution in [-0.2, 0) is 34.7 Å². The van der Waals surface area contributed by atoms with E-state index in [1.54, 1.807) is 61.1 Å². The average molecular weight is 477 g/mol. The third kappa shape index (κ3) is 4.32. The molecule has 1 aliphatic rings. The highest BCUT2D eigenvalue weighted by atomic mass is 35.5. The van der Waals surface area contributed by atoms with E-state index in [9.17, 15) is 18.0 Å². The summed E-state index contributed by atoms with van der Waals surface area (Å²) in [4.78, 5) is 24.9. The second-order valence-corrected chi connectivity index (χ2v) is 10.5. The topological polar surface area (TPSA) is 93.4 Å². The first kappa shape index (κ1) is 22.6. The smallest absolute Gasteiger partial charge is 0.326 e. The fourth-order valence-electron chi connectivity index (χ4n) is 4.13. The molecule has 1 amide bonds. The van der Waals surface area contributed by atoms with E-state index >= 15 is 0 Å². The van der Waals surface area contributed by atoms with Crippen LogP contribution in [0.1, 0.15) is 18.4 Å². The van der Waals surface area contributed by atoms with Crippen LogP contribution < -0.4 is 11.0 Å². The Balaban J connectivity index is 1.39. The molecule has 1 N–H and O–H groups in total. The van der Waals surface area contributed by atoms with Gasteiger partial charge in [0.25, 0.3) is 0 Å². The molecule has 0 bridgehead atoms. The van der Waals surface area contributed by atoms with E-state index in [-0.39, 0.29) is 36.4 Å². The number of aromatic nitrogens is 2. The molecule has 0 aliphatic carbocycles. The zero-order chi connectivity index (χ0) is 23.0. The van der Waals surface area contributed by atoms with Gasteiger partial charge in [-0.1, -0.05) is 29.8 Å². The van der Waals surface area contributed by atoms with Crippen LogP contribution in [-0.4, -0.2) is 40.9 Å². The molecule has 0 spiro atoms. The van der Waals surface area contributed by atoms with Gasteiger partial charge in [0.15, 0.2) is 0 Å². The van der Waals surface area contributed by atoms with Crippen molar-refractivity contribution in [1.82, 2.24) is 13.4 Å². The molecular formula is C22H25ClN4O4S.